The summed E-state index contributed by atoms with van der Waals surface area (Å²) in [6, 6.07) is 4.29. The van der Waals surface area contributed by atoms with Crippen LogP contribution in [0.15, 0.2) is 18.2 Å². The molecule has 0 aromatic heterocycles. The molecule has 0 radical (unpaired) electrons. The van der Waals surface area contributed by atoms with E-state index in [-0.39, 0.29) is 23.7 Å². The van der Waals surface area contributed by atoms with Gasteiger partial charge in [0.2, 0.25) is 5.91 Å². The van der Waals surface area contributed by atoms with Crippen LogP contribution >= 0.6 is 0 Å². The van der Waals surface area contributed by atoms with Gasteiger partial charge in [-0.2, -0.15) is 0 Å². The first-order valence-corrected chi connectivity index (χ1v) is 7.45. The predicted octanol–water partition coefficient (Wildman–Crippen LogP) is 3.70. The molecule has 0 saturated heterocycles. The van der Waals surface area contributed by atoms with E-state index in [1.165, 1.54) is 19.1 Å². The third-order valence-electron chi connectivity index (χ3n) is 3.14. The van der Waals surface area contributed by atoms with E-state index in [4.69, 9.17) is 4.74 Å². The van der Waals surface area contributed by atoms with Gasteiger partial charge >= 0.3 is 5.97 Å². The lowest BCUT2D eigenvalue weighted by Crippen LogP contribution is -2.22. The number of rotatable bonds is 7. The molecule has 0 spiro atoms. The Labute approximate surface area is 131 Å². The highest BCUT2D eigenvalue weighted by Gasteiger charge is 2.25. The molecule has 22 heavy (non-hydrogen) atoms. The fourth-order valence-corrected chi connectivity index (χ4v) is 2.24. The van der Waals surface area contributed by atoms with Crippen LogP contribution in [0.5, 0.6) is 0 Å². The van der Waals surface area contributed by atoms with Crippen molar-refractivity contribution in [3.8, 4) is 0 Å². The number of carbonyl (C=O) groups excluding carboxylic acids is 2. The minimum absolute atomic E-state index is 0.241. The molecular formula is C17H24FNO3. The topological polar surface area (TPSA) is 55.4 Å². The Hall–Kier alpha value is -1.91. The molecule has 1 aromatic carbocycles. The molecule has 5 heteroatoms. The van der Waals surface area contributed by atoms with Crippen LogP contribution < -0.4 is 5.32 Å². The smallest absolute Gasteiger partial charge is 0.306 e. The summed E-state index contributed by atoms with van der Waals surface area (Å²) in [6.07, 6.45) is 1.59. The van der Waals surface area contributed by atoms with Crippen LogP contribution in [0.25, 0.3) is 0 Å². The number of carbonyl (C=O) groups is 2. The zero-order valence-corrected chi connectivity index (χ0v) is 13.7. The third-order valence-corrected chi connectivity index (χ3v) is 3.14. The number of amides is 1. The van der Waals surface area contributed by atoms with Crippen molar-refractivity contribution in [1.29, 1.82) is 0 Å². The van der Waals surface area contributed by atoms with Gasteiger partial charge in [0.15, 0.2) is 0 Å². The second kappa shape index (κ2) is 7.92. The molecule has 0 bridgehead atoms. The average Bonchev–Trinajstić information content (AvgIpc) is 2.38. The number of anilines is 1. The number of halogens is 1. The summed E-state index contributed by atoms with van der Waals surface area (Å²) in [5.74, 6) is -0.908. The Morgan fingerprint density at radius 2 is 2.00 bits per heavy atom. The van der Waals surface area contributed by atoms with Crippen LogP contribution in [0, 0.1) is 11.2 Å². The predicted molar refractivity (Wildman–Crippen MR) is 84.1 cm³/mol. The Balaban J connectivity index is 2.83. The molecule has 4 nitrogen and oxygen atoms in total. The van der Waals surface area contributed by atoms with Crippen molar-refractivity contribution in [3.63, 3.8) is 0 Å². The molecule has 0 aliphatic rings. The molecule has 0 unspecified atom stereocenters. The lowest BCUT2D eigenvalue weighted by atomic mass is 9.82. The fraction of sp³-hybridized carbons (Fsp3) is 0.529. The van der Waals surface area contributed by atoms with Crippen molar-refractivity contribution in [1.82, 2.24) is 0 Å². The molecule has 1 aromatic rings. The second-order valence-corrected chi connectivity index (χ2v) is 6.22. The number of hydrogen-bond donors (Lipinski definition) is 1. The second-order valence-electron chi connectivity index (χ2n) is 6.22. The van der Waals surface area contributed by atoms with Crippen molar-refractivity contribution < 1.29 is 18.7 Å². The summed E-state index contributed by atoms with van der Waals surface area (Å²) < 4.78 is 18.5. The summed E-state index contributed by atoms with van der Waals surface area (Å²) in [5, 5.41) is 2.63. The van der Waals surface area contributed by atoms with Gasteiger partial charge in [0.25, 0.3) is 0 Å². The van der Waals surface area contributed by atoms with E-state index in [1.807, 2.05) is 20.8 Å². The van der Waals surface area contributed by atoms with Gasteiger partial charge in [0.05, 0.1) is 13.0 Å². The van der Waals surface area contributed by atoms with Crippen LogP contribution in [0.4, 0.5) is 10.1 Å². The van der Waals surface area contributed by atoms with E-state index in [0.717, 1.165) is 12.0 Å². The van der Waals surface area contributed by atoms with E-state index in [0.29, 0.717) is 18.7 Å². The minimum atomic E-state index is -0.410. The van der Waals surface area contributed by atoms with Crippen LogP contribution in [-0.4, -0.2) is 18.5 Å². The lowest BCUT2D eigenvalue weighted by molar-refractivity contribution is -0.146. The molecule has 0 aliphatic carbocycles. The van der Waals surface area contributed by atoms with Crippen LogP contribution in [-0.2, 0) is 20.7 Å². The zero-order valence-electron chi connectivity index (χ0n) is 13.7. The maximum absolute atomic E-state index is 13.4. The van der Waals surface area contributed by atoms with Crippen molar-refractivity contribution in [2.24, 2.45) is 5.41 Å². The molecule has 0 saturated carbocycles. The van der Waals surface area contributed by atoms with Gasteiger partial charge in [0.1, 0.15) is 5.82 Å². The highest BCUT2D eigenvalue weighted by molar-refractivity contribution is 5.89. The molecule has 122 valence electrons. The first-order valence-electron chi connectivity index (χ1n) is 7.45. The van der Waals surface area contributed by atoms with Crippen LogP contribution in [0.1, 0.15) is 46.1 Å². The quantitative estimate of drug-likeness (QED) is 0.781. The molecule has 0 fully saturated rings. The number of esters is 1. The molecule has 1 N–H and O–H groups in total. The van der Waals surface area contributed by atoms with Crippen molar-refractivity contribution in [3.05, 3.63) is 29.6 Å². The van der Waals surface area contributed by atoms with Crippen LogP contribution in [0.2, 0.25) is 0 Å². The van der Waals surface area contributed by atoms with Gasteiger partial charge in [0, 0.05) is 12.6 Å². The number of hydrogen-bond acceptors (Lipinski definition) is 3. The van der Waals surface area contributed by atoms with E-state index in [9.17, 15) is 14.0 Å². The first kappa shape index (κ1) is 18.1. The molecule has 0 atom stereocenters. The lowest BCUT2D eigenvalue weighted by Gasteiger charge is -2.25. The van der Waals surface area contributed by atoms with E-state index in [1.54, 1.807) is 6.07 Å². The Kier molecular flexibility index (Phi) is 6.53. The molecule has 0 aliphatic heterocycles. The summed E-state index contributed by atoms with van der Waals surface area (Å²) in [6.45, 7) is 7.63. The number of nitrogens with one attached hydrogen (secondary N) is 1. The highest BCUT2D eigenvalue weighted by atomic mass is 19.1. The SMILES string of the molecule is CCCOC(=O)CC(C)(C)Cc1ccc(F)cc1NC(C)=O. The summed E-state index contributed by atoms with van der Waals surface area (Å²) >= 11 is 0. The average molecular weight is 309 g/mol. The Morgan fingerprint density at radius 1 is 1.32 bits per heavy atom. The minimum Gasteiger partial charge on any atom is -0.466 e. The third kappa shape index (κ3) is 6.24. The van der Waals surface area contributed by atoms with E-state index >= 15 is 0 Å². The molecule has 1 rings (SSSR count). The van der Waals surface area contributed by atoms with Gasteiger partial charge in [-0.05, 0) is 36.0 Å². The van der Waals surface area contributed by atoms with Crippen molar-refractivity contribution >= 4 is 17.6 Å². The maximum atomic E-state index is 13.4. The zero-order chi connectivity index (χ0) is 16.8. The van der Waals surface area contributed by atoms with Crippen molar-refractivity contribution in [2.75, 3.05) is 11.9 Å². The fourth-order valence-electron chi connectivity index (χ4n) is 2.24. The standard InChI is InChI=1S/C17H24FNO3/c1-5-8-22-16(21)11-17(3,4)10-13-6-7-14(18)9-15(13)19-12(2)20/h6-7,9H,5,8,10-11H2,1-4H3,(H,19,20). The van der Waals surface area contributed by atoms with E-state index in [2.05, 4.69) is 5.32 Å². The first-order chi connectivity index (χ1) is 10.2. The molecular weight excluding hydrogens is 285 g/mol. The Morgan fingerprint density at radius 3 is 2.59 bits per heavy atom. The monoisotopic (exact) mass is 309 g/mol. The van der Waals surface area contributed by atoms with Crippen molar-refractivity contribution in [2.45, 2.75) is 47.0 Å². The number of ether oxygens (including phenoxy) is 1. The van der Waals surface area contributed by atoms with Gasteiger partial charge in [-0.3, -0.25) is 9.59 Å². The van der Waals surface area contributed by atoms with Gasteiger partial charge < -0.3 is 10.1 Å². The Bertz CT molecular complexity index is 541. The number of benzene rings is 1. The van der Waals surface area contributed by atoms with Crippen LogP contribution in [0.3, 0.4) is 0 Å². The normalized spacial score (nSPS) is 11.1. The highest BCUT2D eigenvalue weighted by Crippen LogP contribution is 2.30. The van der Waals surface area contributed by atoms with Gasteiger partial charge in [-0.25, -0.2) is 4.39 Å². The van der Waals surface area contributed by atoms with E-state index < -0.39 is 5.82 Å². The maximum Gasteiger partial charge on any atom is 0.306 e. The summed E-state index contributed by atoms with van der Waals surface area (Å²) in [7, 11) is 0. The largest absolute Gasteiger partial charge is 0.466 e. The van der Waals surface area contributed by atoms with Gasteiger partial charge in [-0.15, -0.1) is 0 Å². The van der Waals surface area contributed by atoms with Gasteiger partial charge in [-0.1, -0.05) is 26.8 Å². The molecule has 0 heterocycles. The summed E-state index contributed by atoms with van der Waals surface area (Å²) in [5.41, 5.74) is 0.892. The molecule has 1 amide bonds. The summed E-state index contributed by atoms with van der Waals surface area (Å²) in [4.78, 5) is 23.0.